The van der Waals surface area contributed by atoms with Gasteiger partial charge < -0.3 is 24.4 Å². The van der Waals surface area contributed by atoms with Crippen LogP contribution in [0.1, 0.15) is 18.4 Å². The van der Waals surface area contributed by atoms with E-state index in [2.05, 4.69) is 5.59 Å². The maximum atomic E-state index is 13.1. The van der Waals surface area contributed by atoms with Crippen LogP contribution in [0.15, 0.2) is 53.4 Å². The molecule has 3 N–H and O–H groups in total. The van der Waals surface area contributed by atoms with Crippen molar-refractivity contribution in [2.75, 3.05) is 25.8 Å². The Morgan fingerprint density at radius 2 is 1.83 bits per heavy atom. The molecule has 2 aromatic carbocycles. The highest BCUT2D eigenvalue weighted by atomic mass is 32.2. The molecule has 0 saturated carbocycles. The molecule has 4 rings (SSSR count). The number of ether oxygens (including phenoxy) is 3. The Kier molecular flexibility index (Phi) is 8.08. The summed E-state index contributed by atoms with van der Waals surface area (Å²) >= 11 is 0. The van der Waals surface area contributed by atoms with Crippen LogP contribution in [-0.4, -0.2) is 73.7 Å². The maximum absolute atomic E-state index is 13.1. The molecule has 2 heterocycles. The number of aliphatic hydroxyl groups is 1. The van der Waals surface area contributed by atoms with Crippen molar-refractivity contribution in [3.8, 4) is 11.5 Å². The van der Waals surface area contributed by atoms with E-state index in [0.717, 1.165) is 10.6 Å². The minimum atomic E-state index is -4.00. The second kappa shape index (κ2) is 11.2. The van der Waals surface area contributed by atoms with Gasteiger partial charge in [0.1, 0.15) is 0 Å². The average Bonchev–Trinajstić information content (AvgIpc) is 3.32. The number of hydrogen-bond donors (Lipinski definition) is 3. The van der Waals surface area contributed by atoms with Crippen LogP contribution in [0, 0.1) is 0 Å². The molecular formula is C23H28N2O9S. The Bertz CT molecular complexity index is 1110. The van der Waals surface area contributed by atoms with Crippen LogP contribution < -0.4 is 15.1 Å². The predicted molar refractivity (Wildman–Crippen MR) is 122 cm³/mol. The number of amides is 1. The Balaban J connectivity index is 1.54. The van der Waals surface area contributed by atoms with E-state index in [1.807, 2.05) is 0 Å². The first-order valence-corrected chi connectivity index (χ1v) is 12.8. The molecule has 2 atom stereocenters. The number of carbonyl (C=O) groups is 1. The van der Waals surface area contributed by atoms with Gasteiger partial charge in [-0.3, -0.25) is 4.84 Å². The Labute approximate surface area is 203 Å². The number of aliphatic hydroxyl groups excluding tert-OH is 1. The van der Waals surface area contributed by atoms with Crippen molar-refractivity contribution in [2.45, 2.75) is 42.4 Å². The molecule has 190 valence electrons. The summed E-state index contributed by atoms with van der Waals surface area (Å²) in [6, 6.07) is 11.9. The van der Waals surface area contributed by atoms with E-state index in [0.29, 0.717) is 37.6 Å². The summed E-state index contributed by atoms with van der Waals surface area (Å²) in [5.41, 5.74) is 3.16. The fraction of sp³-hybridized carbons (Fsp3) is 0.435. The van der Waals surface area contributed by atoms with E-state index < -0.39 is 33.8 Å². The third-order valence-electron chi connectivity index (χ3n) is 5.85. The fourth-order valence-electron chi connectivity index (χ4n) is 3.93. The summed E-state index contributed by atoms with van der Waals surface area (Å²) in [6.07, 6.45) is -2.08. The lowest BCUT2D eigenvalue weighted by Crippen LogP contribution is -2.56. The van der Waals surface area contributed by atoms with Crippen molar-refractivity contribution in [3.05, 3.63) is 54.1 Å². The largest absolute Gasteiger partial charge is 0.464 e. The van der Waals surface area contributed by atoms with Crippen LogP contribution in [0.25, 0.3) is 0 Å². The molecule has 2 aliphatic rings. The highest BCUT2D eigenvalue weighted by molar-refractivity contribution is 7.91. The van der Waals surface area contributed by atoms with Gasteiger partial charge in [-0.2, -0.15) is 0 Å². The first-order chi connectivity index (χ1) is 16.8. The maximum Gasteiger partial charge on any atom is 0.423 e. The lowest BCUT2D eigenvalue weighted by atomic mass is 10.0. The van der Waals surface area contributed by atoms with Crippen molar-refractivity contribution in [1.82, 2.24) is 10.6 Å². The summed E-state index contributed by atoms with van der Waals surface area (Å²) in [5, 5.41) is 21.7. The molecule has 0 aromatic heterocycles. The van der Waals surface area contributed by atoms with Crippen molar-refractivity contribution in [3.63, 3.8) is 0 Å². The number of nitrogens with zero attached hydrogens (tertiary/aromatic N) is 1. The summed E-state index contributed by atoms with van der Waals surface area (Å²) in [6.45, 7) is 0.972. The normalized spacial score (nSPS) is 17.6. The lowest BCUT2D eigenvalue weighted by molar-refractivity contribution is -0.155. The molecule has 2 aromatic rings. The molecule has 2 unspecified atom stereocenters. The first kappa shape index (κ1) is 25.2. The Hall–Kier alpha value is -2.90. The quantitative estimate of drug-likeness (QED) is 0.406. The summed E-state index contributed by atoms with van der Waals surface area (Å²) in [5.74, 6) is 0.00502. The van der Waals surface area contributed by atoms with Crippen molar-refractivity contribution < 1.29 is 42.5 Å². The molecule has 1 fully saturated rings. The monoisotopic (exact) mass is 508 g/mol. The smallest absolute Gasteiger partial charge is 0.423 e. The van der Waals surface area contributed by atoms with Crippen molar-refractivity contribution in [1.29, 1.82) is 0 Å². The van der Waals surface area contributed by atoms with Crippen molar-refractivity contribution in [2.24, 2.45) is 0 Å². The molecule has 35 heavy (non-hydrogen) atoms. The van der Waals surface area contributed by atoms with Crippen LogP contribution in [0.2, 0.25) is 0 Å². The number of rotatable bonds is 10. The van der Waals surface area contributed by atoms with Gasteiger partial charge in [-0.05, 0) is 37.0 Å². The molecule has 0 radical (unpaired) electrons. The third-order valence-corrected chi connectivity index (χ3v) is 7.60. The summed E-state index contributed by atoms with van der Waals surface area (Å²) in [7, 11) is -4.00. The molecule has 0 spiro atoms. The standard InChI is InChI=1S/C23H28N2O9S/c26-20(14-35(29,30)18-6-7-21-22(13-18)33-15-32-21)19(12-16-4-2-1-3-5-16)25(23(27)28)24-34-17-8-10-31-11-9-17/h1-7,13,17,19-20,24,26H,8-12,14-15H2,(H,27,28). The summed E-state index contributed by atoms with van der Waals surface area (Å²) < 4.78 is 42.0. The van der Waals surface area contributed by atoms with E-state index in [9.17, 15) is 23.4 Å². The van der Waals surface area contributed by atoms with E-state index in [1.165, 1.54) is 18.2 Å². The summed E-state index contributed by atoms with van der Waals surface area (Å²) in [4.78, 5) is 17.6. The SMILES string of the molecule is O=C(O)N(NOC1CCOCC1)C(Cc1ccccc1)C(O)CS(=O)(=O)c1ccc2c(c1)OCO2. The van der Waals surface area contributed by atoms with Gasteiger partial charge in [-0.25, -0.2) is 18.2 Å². The minimum Gasteiger partial charge on any atom is -0.464 e. The average molecular weight is 509 g/mol. The Morgan fingerprint density at radius 3 is 2.54 bits per heavy atom. The van der Waals surface area contributed by atoms with Gasteiger partial charge in [0.05, 0.1) is 28.9 Å². The van der Waals surface area contributed by atoms with Gasteiger partial charge in [0.2, 0.25) is 6.79 Å². The van der Waals surface area contributed by atoms with Crippen molar-refractivity contribution >= 4 is 15.9 Å². The van der Waals surface area contributed by atoms with E-state index >= 15 is 0 Å². The van der Waals surface area contributed by atoms with Crippen LogP contribution in [0.4, 0.5) is 4.79 Å². The van der Waals surface area contributed by atoms with Gasteiger partial charge in [0.15, 0.2) is 21.3 Å². The van der Waals surface area contributed by atoms with E-state index in [4.69, 9.17) is 19.0 Å². The number of benzene rings is 2. The van der Waals surface area contributed by atoms with Gasteiger partial charge in [0, 0.05) is 19.3 Å². The van der Waals surface area contributed by atoms with Gasteiger partial charge in [-0.1, -0.05) is 30.3 Å². The van der Waals surface area contributed by atoms with E-state index in [1.54, 1.807) is 30.3 Å². The zero-order chi connectivity index (χ0) is 24.8. The number of hydrogen-bond acceptors (Lipinski definition) is 9. The number of fused-ring (bicyclic) bond motifs is 1. The lowest BCUT2D eigenvalue weighted by Gasteiger charge is -2.34. The topological polar surface area (TPSA) is 144 Å². The zero-order valence-electron chi connectivity index (χ0n) is 18.9. The van der Waals surface area contributed by atoms with Crippen LogP contribution in [-0.2, 0) is 25.8 Å². The highest BCUT2D eigenvalue weighted by Crippen LogP contribution is 2.34. The molecule has 1 amide bonds. The predicted octanol–water partition coefficient (Wildman–Crippen LogP) is 1.76. The zero-order valence-corrected chi connectivity index (χ0v) is 19.7. The molecule has 1 saturated heterocycles. The molecule has 0 aliphatic carbocycles. The third kappa shape index (κ3) is 6.41. The number of nitrogens with one attached hydrogen (secondary N) is 1. The van der Waals surface area contributed by atoms with Gasteiger partial charge in [-0.15, -0.1) is 5.59 Å². The van der Waals surface area contributed by atoms with Crippen LogP contribution >= 0.6 is 0 Å². The van der Waals surface area contributed by atoms with Gasteiger partial charge >= 0.3 is 6.09 Å². The Morgan fingerprint density at radius 1 is 1.11 bits per heavy atom. The van der Waals surface area contributed by atoms with Crippen LogP contribution in [0.3, 0.4) is 0 Å². The molecule has 12 heteroatoms. The second-order valence-electron chi connectivity index (χ2n) is 8.29. The molecule has 2 aliphatic heterocycles. The van der Waals surface area contributed by atoms with E-state index in [-0.39, 0.29) is 24.2 Å². The molecular weight excluding hydrogens is 480 g/mol. The number of hydrazine groups is 1. The first-order valence-electron chi connectivity index (χ1n) is 11.2. The number of carboxylic acid groups (broad SMARTS) is 1. The molecule has 11 nitrogen and oxygen atoms in total. The molecule has 0 bridgehead atoms. The number of sulfone groups is 1. The second-order valence-corrected chi connectivity index (χ2v) is 10.3. The van der Waals surface area contributed by atoms with Crippen LogP contribution in [0.5, 0.6) is 11.5 Å². The minimum absolute atomic E-state index is 0.00698. The fourth-order valence-corrected chi connectivity index (χ4v) is 5.36. The van der Waals surface area contributed by atoms with Gasteiger partial charge in [0.25, 0.3) is 0 Å². The highest BCUT2D eigenvalue weighted by Gasteiger charge is 2.35.